The van der Waals surface area contributed by atoms with Gasteiger partial charge in [-0.25, -0.2) is 9.69 Å². The molecule has 0 radical (unpaired) electrons. The quantitative estimate of drug-likeness (QED) is 0.400. The Morgan fingerprint density at radius 2 is 1.64 bits per heavy atom. The molecule has 3 aromatic carbocycles. The van der Waals surface area contributed by atoms with Crippen LogP contribution in [0.15, 0.2) is 72.8 Å². The lowest BCUT2D eigenvalue weighted by molar-refractivity contribution is -0.152. The molecule has 2 fully saturated rings. The van der Waals surface area contributed by atoms with Crippen molar-refractivity contribution in [1.82, 2.24) is 5.32 Å². The number of nitrogens with one attached hydrogen (secondary N) is 1. The normalized spacial score (nSPS) is 25.4. The van der Waals surface area contributed by atoms with Crippen LogP contribution in [0.25, 0.3) is 0 Å². The van der Waals surface area contributed by atoms with Crippen LogP contribution >= 0.6 is 0 Å². The summed E-state index contributed by atoms with van der Waals surface area (Å²) in [6, 6.07) is 21.1. The summed E-state index contributed by atoms with van der Waals surface area (Å²) in [5, 5.41) is 3.42. The summed E-state index contributed by atoms with van der Waals surface area (Å²) in [5.74, 6) is -2.36. The highest BCUT2D eigenvalue weighted by Gasteiger charge is 2.69. The van der Waals surface area contributed by atoms with Crippen LogP contribution in [0.4, 0.5) is 11.4 Å². The Balaban J connectivity index is 1.51. The Hall–Kier alpha value is -4.37. The summed E-state index contributed by atoms with van der Waals surface area (Å²) in [6.07, 6.45) is 0. The molecular weight excluding hydrogens is 498 g/mol. The van der Waals surface area contributed by atoms with Gasteiger partial charge in [-0.1, -0.05) is 42.5 Å². The van der Waals surface area contributed by atoms with E-state index in [1.165, 1.54) is 12.0 Å². The summed E-state index contributed by atoms with van der Waals surface area (Å²) in [4.78, 5) is 45.3. The van der Waals surface area contributed by atoms with Gasteiger partial charge in [-0.15, -0.1) is 0 Å². The Morgan fingerprint density at radius 1 is 0.949 bits per heavy atom. The molecule has 39 heavy (non-hydrogen) atoms. The third-order valence-electron chi connectivity index (χ3n) is 7.85. The highest BCUT2D eigenvalue weighted by molar-refractivity contribution is 6.24. The van der Waals surface area contributed by atoms with Gasteiger partial charge < -0.3 is 19.1 Å². The number of imide groups is 1. The topological polar surface area (TPSA) is 97.4 Å². The van der Waals surface area contributed by atoms with E-state index >= 15 is 0 Å². The first-order valence-corrected chi connectivity index (χ1v) is 12.8. The number of hydrogen-bond donors (Lipinski definition) is 1. The second-order valence-electron chi connectivity index (χ2n) is 10.1. The molecule has 0 unspecified atom stereocenters. The van der Waals surface area contributed by atoms with E-state index in [9.17, 15) is 14.4 Å². The molecule has 3 heterocycles. The Morgan fingerprint density at radius 3 is 2.31 bits per heavy atom. The number of fused-ring (bicyclic) bond motifs is 2. The highest BCUT2D eigenvalue weighted by atomic mass is 16.6. The van der Waals surface area contributed by atoms with Gasteiger partial charge in [-0.05, 0) is 35.4 Å². The first-order valence-electron chi connectivity index (χ1n) is 12.8. The molecule has 1 N–H and O–H groups in total. The van der Waals surface area contributed by atoms with Gasteiger partial charge in [0, 0.05) is 31.9 Å². The van der Waals surface area contributed by atoms with Crippen LogP contribution in [0, 0.1) is 11.8 Å². The van der Waals surface area contributed by atoms with E-state index in [-0.39, 0.29) is 0 Å². The summed E-state index contributed by atoms with van der Waals surface area (Å²) in [5.41, 5.74) is 1.15. The predicted molar refractivity (Wildman–Crippen MR) is 144 cm³/mol. The van der Waals surface area contributed by atoms with Gasteiger partial charge in [0.2, 0.25) is 11.8 Å². The van der Waals surface area contributed by atoms with Crippen molar-refractivity contribution < 1.29 is 28.6 Å². The molecule has 0 spiro atoms. The molecule has 4 atom stereocenters. The van der Waals surface area contributed by atoms with Crippen LogP contribution in [0.2, 0.25) is 0 Å². The van der Waals surface area contributed by atoms with Gasteiger partial charge in [0.15, 0.2) is 17.0 Å². The van der Waals surface area contributed by atoms with E-state index in [1.54, 1.807) is 42.5 Å². The molecule has 3 aliphatic rings. The molecule has 0 aliphatic carbocycles. The van der Waals surface area contributed by atoms with E-state index < -0.39 is 41.2 Å². The lowest BCUT2D eigenvalue weighted by Gasteiger charge is -2.33. The maximum Gasteiger partial charge on any atom is 0.331 e. The SMILES string of the molecule is COC(=O)[C@@]1(c2ccccc2)N[C@@H](c2ccc(N(C)C)cc2)[C@@H]2C(=O)N(c3ccc4c(c3)OCCO4)C(=O)[C@H]21. The van der Waals surface area contributed by atoms with E-state index in [4.69, 9.17) is 14.2 Å². The van der Waals surface area contributed by atoms with Crippen LogP contribution in [0.1, 0.15) is 17.2 Å². The number of rotatable bonds is 5. The third kappa shape index (κ3) is 3.76. The van der Waals surface area contributed by atoms with Crippen molar-refractivity contribution in [2.75, 3.05) is 44.2 Å². The van der Waals surface area contributed by atoms with Crippen LogP contribution in [0.5, 0.6) is 11.5 Å². The van der Waals surface area contributed by atoms with Crippen molar-refractivity contribution in [2.45, 2.75) is 11.6 Å². The van der Waals surface area contributed by atoms with Gasteiger partial charge in [-0.3, -0.25) is 14.9 Å². The molecule has 2 saturated heterocycles. The summed E-state index contributed by atoms with van der Waals surface area (Å²) in [7, 11) is 5.19. The zero-order valence-corrected chi connectivity index (χ0v) is 21.9. The molecule has 0 aromatic heterocycles. The lowest BCUT2D eigenvalue weighted by atomic mass is 9.75. The number of benzene rings is 3. The fraction of sp³-hybridized carbons (Fsp3) is 0.300. The minimum absolute atomic E-state index is 0.372. The molecule has 9 heteroatoms. The van der Waals surface area contributed by atoms with Gasteiger partial charge in [0.05, 0.1) is 24.6 Å². The number of ether oxygens (including phenoxy) is 3. The molecule has 6 rings (SSSR count). The van der Waals surface area contributed by atoms with E-state index in [0.29, 0.717) is 36.0 Å². The van der Waals surface area contributed by atoms with Crippen molar-refractivity contribution >= 4 is 29.2 Å². The zero-order chi connectivity index (χ0) is 27.3. The van der Waals surface area contributed by atoms with Crippen molar-refractivity contribution in [1.29, 1.82) is 0 Å². The Labute approximate surface area is 226 Å². The number of hydrogen-bond acceptors (Lipinski definition) is 8. The van der Waals surface area contributed by atoms with Crippen LogP contribution in [-0.4, -0.2) is 52.2 Å². The maximum absolute atomic E-state index is 14.3. The van der Waals surface area contributed by atoms with E-state index in [1.807, 2.05) is 49.3 Å². The number of carbonyl (C=O) groups excluding carboxylic acids is 3. The fourth-order valence-electron chi connectivity index (χ4n) is 6.03. The Kier molecular flexibility index (Phi) is 6.03. The van der Waals surface area contributed by atoms with Crippen LogP contribution < -0.4 is 24.6 Å². The van der Waals surface area contributed by atoms with Gasteiger partial charge in [-0.2, -0.15) is 0 Å². The standard InChI is InChI=1S/C30H29N3O6/c1-32(2)20-11-9-18(10-12-20)26-24-25(30(31-26,29(36)37-3)19-7-5-4-6-8-19)28(35)33(27(24)34)21-13-14-22-23(17-21)39-16-15-38-22/h4-14,17,24-26,31H,15-16H2,1-3H3/t24-,25+,26+,30+/m1/s1. The summed E-state index contributed by atoms with van der Waals surface area (Å²) in [6.45, 7) is 0.800. The number of carbonyl (C=O) groups is 3. The second kappa shape index (κ2) is 9.43. The minimum Gasteiger partial charge on any atom is -0.486 e. The fourth-order valence-corrected chi connectivity index (χ4v) is 6.03. The van der Waals surface area contributed by atoms with E-state index in [0.717, 1.165) is 11.3 Å². The second-order valence-corrected chi connectivity index (χ2v) is 10.1. The predicted octanol–water partition coefficient (Wildman–Crippen LogP) is 3.04. The largest absolute Gasteiger partial charge is 0.486 e. The molecule has 0 bridgehead atoms. The van der Waals surface area contributed by atoms with Gasteiger partial charge in [0.25, 0.3) is 0 Å². The van der Waals surface area contributed by atoms with Crippen molar-refractivity contribution in [2.24, 2.45) is 11.8 Å². The average molecular weight is 528 g/mol. The summed E-state index contributed by atoms with van der Waals surface area (Å²) < 4.78 is 16.6. The molecule has 9 nitrogen and oxygen atoms in total. The molecule has 0 saturated carbocycles. The molecule has 200 valence electrons. The Bertz CT molecular complexity index is 1440. The zero-order valence-electron chi connectivity index (χ0n) is 21.9. The van der Waals surface area contributed by atoms with Crippen LogP contribution in [0.3, 0.4) is 0 Å². The van der Waals surface area contributed by atoms with Crippen molar-refractivity contribution in [3.8, 4) is 11.5 Å². The number of nitrogens with zero attached hydrogens (tertiary/aromatic N) is 2. The lowest BCUT2D eigenvalue weighted by Crippen LogP contribution is -2.53. The smallest absolute Gasteiger partial charge is 0.331 e. The van der Waals surface area contributed by atoms with E-state index in [2.05, 4.69) is 5.32 Å². The number of anilines is 2. The highest BCUT2D eigenvalue weighted by Crippen LogP contribution is 2.54. The summed E-state index contributed by atoms with van der Waals surface area (Å²) >= 11 is 0. The van der Waals surface area contributed by atoms with Crippen molar-refractivity contribution in [3.05, 3.63) is 83.9 Å². The monoisotopic (exact) mass is 527 g/mol. The van der Waals surface area contributed by atoms with Gasteiger partial charge >= 0.3 is 5.97 Å². The number of esters is 1. The van der Waals surface area contributed by atoms with Gasteiger partial charge in [0.1, 0.15) is 13.2 Å². The average Bonchev–Trinajstić information content (AvgIpc) is 3.46. The number of methoxy groups -OCH3 is 1. The molecular formula is C30H29N3O6. The molecule has 3 aromatic rings. The minimum atomic E-state index is -1.57. The molecule has 3 aliphatic heterocycles. The van der Waals surface area contributed by atoms with Crippen molar-refractivity contribution in [3.63, 3.8) is 0 Å². The third-order valence-corrected chi connectivity index (χ3v) is 7.85. The first kappa shape index (κ1) is 24.9. The number of amides is 2. The first-order chi connectivity index (χ1) is 18.9. The molecule has 2 amide bonds. The maximum atomic E-state index is 14.3. The van der Waals surface area contributed by atoms with Crippen LogP contribution in [-0.2, 0) is 24.7 Å².